The molecule has 1 aliphatic heterocycles. The zero-order valence-electron chi connectivity index (χ0n) is 25.6. The van der Waals surface area contributed by atoms with Crippen molar-refractivity contribution in [2.75, 3.05) is 25.5 Å². The zero-order chi connectivity index (χ0) is 33.8. The molecule has 3 aromatic heterocycles. The van der Waals surface area contributed by atoms with Gasteiger partial charge in [-0.1, -0.05) is 65.1 Å². The second-order valence-corrected chi connectivity index (χ2v) is 13.3. The number of carbonyl (C=O) groups is 2. The summed E-state index contributed by atoms with van der Waals surface area (Å²) in [6.45, 7) is 1.24. The van der Waals surface area contributed by atoms with Crippen LogP contribution in [0.1, 0.15) is 23.4 Å². The third-order valence-corrected chi connectivity index (χ3v) is 9.82. The first kappa shape index (κ1) is 33.8. The molecule has 0 bridgehead atoms. The van der Waals surface area contributed by atoms with Gasteiger partial charge in [-0.05, 0) is 24.6 Å². The van der Waals surface area contributed by atoms with E-state index in [-0.39, 0.29) is 18.5 Å². The molecule has 5 N–H and O–H groups in total. The molecular weight excluding hydrogens is 697 g/mol. The predicted octanol–water partition coefficient (Wildman–Crippen LogP) is 6.68. The average Bonchev–Trinajstić information content (AvgIpc) is 3.68. The Balaban J connectivity index is 1.25. The summed E-state index contributed by atoms with van der Waals surface area (Å²) in [5.74, 6) is 0.0565. The number of halogens is 3. The summed E-state index contributed by atoms with van der Waals surface area (Å²) in [5, 5.41) is 23.4. The number of amides is 1. The lowest BCUT2D eigenvalue weighted by molar-refractivity contribution is -0.136. The van der Waals surface area contributed by atoms with Crippen LogP contribution in [0, 0.1) is 0 Å². The molecule has 1 saturated heterocycles. The van der Waals surface area contributed by atoms with Gasteiger partial charge in [-0.25, -0.2) is 15.0 Å². The number of nitrogens with zero attached hydrogens (tertiary/aromatic N) is 3. The van der Waals surface area contributed by atoms with Gasteiger partial charge in [0, 0.05) is 60.5 Å². The van der Waals surface area contributed by atoms with Crippen LogP contribution in [0.4, 0.5) is 11.5 Å². The summed E-state index contributed by atoms with van der Waals surface area (Å²) < 4.78 is 6.51. The van der Waals surface area contributed by atoms with Crippen molar-refractivity contribution in [2.24, 2.45) is 0 Å². The lowest BCUT2D eigenvalue weighted by atomic mass is 10.00. The van der Waals surface area contributed by atoms with Crippen molar-refractivity contribution in [3.8, 4) is 28.3 Å². The number of carboxylic acids is 1. The van der Waals surface area contributed by atoms with Crippen molar-refractivity contribution in [1.29, 1.82) is 0 Å². The number of ether oxygens (including phenoxy) is 1. The van der Waals surface area contributed by atoms with E-state index >= 15 is 0 Å². The van der Waals surface area contributed by atoms with Crippen LogP contribution in [-0.2, 0) is 22.7 Å². The van der Waals surface area contributed by atoms with Crippen LogP contribution in [0.5, 0.6) is 5.88 Å². The fourth-order valence-corrected chi connectivity index (χ4v) is 7.25. The number of thiazole rings is 1. The number of aromatic nitrogens is 3. The van der Waals surface area contributed by atoms with E-state index in [4.69, 9.17) is 49.6 Å². The first-order chi connectivity index (χ1) is 23.2. The quantitative estimate of drug-likeness (QED) is 0.0890. The van der Waals surface area contributed by atoms with Crippen molar-refractivity contribution in [3.05, 3.63) is 80.4 Å². The third-order valence-electron chi connectivity index (χ3n) is 7.70. The Morgan fingerprint density at radius 3 is 2.56 bits per heavy atom. The Bertz CT molecular complexity index is 2010. The van der Waals surface area contributed by atoms with Crippen LogP contribution >= 0.6 is 46.1 Å². The minimum Gasteiger partial charge on any atom is -0.481 e. The molecule has 0 aliphatic carbocycles. The normalized spacial score (nSPS) is 14.3. The molecule has 1 aliphatic rings. The third kappa shape index (κ3) is 7.49. The van der Waals surface area contributed by atoms with Crippen LogP contribution in [0.2, 0.25) is 15.1 Å². The van der Waals surface area contributed by atoms with Crippen molar-refractivity contribution in [2.45, 2.75) is 32.0 Å². The maximum absolute atomic E-state index is 11.5. The Morgan fingerprint density at radius 1 is 1.04 bits per heavy atom. The van der Waals surface area contributed by atoms with Crippen molar-refractivity contribution < 1.29 is 19.4 Å². The zero-order valence-corrected chi connectivity index (χ0v) is 28.7. The Morgan fingerprint density at radius 2 is 1.81 bits per heavy atom. The van der Waals surface area contributed by atoms with Gasteiger partial charge in [0.05, 0.1) is 44.8 Å². The smallest absolute Gasteiger partial charge is 0.317 e. The SMILES string of the molecule is COc1nc(-c2cccc(-c3cccc(Nc4nccc5sc(CNCC(=O)O)nc45)c3Cl)c2Cl)c(Cl)cc1CNC[C@H]1CCC(=O)N1. The highest BCUT2D eigenvalue weighted by atomic mass is 35.5. The molecule has 0 unspecified atom stereocenters. The topological polar surface area (TPSA) is 150 Å². The maximum atomic E-state index is 11.5. The van der Waals surface area contributed by atoms with Crippen molar-refractivity contribution in [1.82, 2.24) is 30.9 Å². The number of aliphatic carboxylic acids is 1. The molecule has 0 radical (unpaired) electrons. The monoisotopic (exact) mass is 725 g/mol. The van der Waals surface area contributed by atoms with Crippen LogP contribution in [0.25, 0.3) is 32.6 Å². The van der Waals surface area contributed by atoms with Gasteiger partial charge < -0.3 is 31.1 Å². The molecule has 4 heterocycles. The van der Waals surface area contributed by atoms with E-state index in [0.29, 0.717) is 86.4 Å². The molecule has 0 spiro atoms. The second-order valence-electron chi connectivity index (χ2n) is 11.0. The minimum absolute atomic E-state index is 0.0708. The molecule has 6 rings (SSSR count). The molecule has 248 valence electrons. The van der Waals surface area contributed by atoms with Gasteiger partial charge in [0.25, 0.3) is 0 Å². The van der Waals surface area contributed by atoms with E-state index in [1.807, 2.05) is 48.5 Å². The summed E-state index contributed by atoms with van der Waals surface area (Å²) in [6, 6.07) is 14.9. The van der Waals surface area contributed by atoms with Gasteiger partial charge in [0.2, 0.25) is 11.8 Å². The number of fused-ring (bicyclic) bond motifs is 1. The standard InChI is InChI=1S/C33H30Cl3N7O4S/c1-47-33-17(13-37-14-18-8-9-25(44)40-18)12-22(34)30(43-33)21-6-2-4-19(28(21)35)20-5-3-7-23(29(20)36)41-32-31-24(10-11-39-32)48-26(42-31)15-38-16-27(45)46/h2-7,10-12,18,37-38H,8-9,13-16H2,1H3,(H,39,41)(H,40,44)(H,45,46)/t18-/m1/s1. The van der Waals surface area contributed by atoms with Crippen molar-refractivity contribution >= 4 is 79.7 Å². The summed E-state index contributed by atoms with van der Waals surface area (Å²) >= 11 is 22.3. The van der Waals surface area contributed by atoms with E-state index in [1.54, 1.807) is 13.3 Å². The number of carbonyl (C=O) groups excluding carboxylic acids is 1. The summed E-state index contributed by atoms with van der Waals surface area (Å²) in [6.07, 6.45) is 3.02. The van der Waals surface area contributed by atoms with Gasteiger partial charge in [-0.2, -0.15) is 0 Å². The molecule has 48 heavy (non-hydrogen) atoms. The van der Waals surface area contributed by atoms with Gasteiger partial charge in [0.1, 0.15) is 10.5 Å². The summed E-state index contributed by atoms with van der Waals surface area (Å²) in [7, 11) is 1.55. The van der Waals surface area contributed by atoms with Gasteiger partial charge in [-0.3, -0.25) is 9.59 Å². The highest BCUT2D eigenvalue weighted by molar-refractivity contribution is 7.18. The molecule has 1 atom stereocenters. The number of carboxylic acid groups (broad SMARTS) is 1. The number of hydrogen-bond acceptors (Lipinski definition) is 10. The van der Waals surface area contributed by atoms with E-state index in [9.17, 15) is 9.59 Å². The average molecular weight is 727 g/mol. The number of pyridine rings is 2. The molecule has 0 saturated carbocycles. The van der Waals surface area contributed by atoms with Gasteiger partial charge >= 0.3 is 5.97 Å². The summed E-state index contributed by atoms with van der Waals surface area (Å²) in [5.41, 5.74) is 4.45. The largest absolute Gasteiger partial charge is 0.481 e. The predicted molar refractivity (Wildman–Crippen MR) is 190 cm³/mol. The van der Waals surface area contributed by atoms with E-state index in [0.717, 1.165) is 21.7 Å². The maximum Gasteiger partial charge on any atom is 0.317 e. The van der Waals surface area contributed by atoms with Crippen molar-refractivity contribution in [3.63, 3.8) is 0 Å². The van der Waals surface area contributed by atoms with Gasteiger partial charge in [-0.15, -0.1) is 11.3 Å². The van der Waals surface area contributed by atoms with E-state index in [2.05, 4.69) is 31.2 Å². The molecule has 1 amide bonds. The second kappa shape index (κ2) is 15.0. The highest BCUT2D eigenvalue weighted by Crippen LogP contribution is 2.43. The fraction of sp³-hybridized carbons (Fsp3) is 0.242. The number of methoxy groups -OCH3 is 1. The van der Waals surface area contributed by atoms with E-state index < -0.39 is 5.97 Å². The first-order valence-electron chi connectivity index (χ1n) is 15.0. The highest BCUT2D eigenvalue weighted by Gasteiger charge is 2.22. The number of hydrogen-bond donors (Lipinski definition) is 5. The molecular formula is C33H30Cl3N7O4S. The molecule has 5 aromatic rings. The number of benzene rings is 2. The fourth-order valence-electron chi connectivity index (χ4n) is 5.45. The van der Waals surface area contributed by atoms with Crippen LogP contribution in [0.15, 0.2) is 54.7 Å². The van der Waals surface area contributed by atoms with Crippen LogP contribution in [0.3, 0.4) is 0 Å². The number of rotatable bonds is 13. The lowest BCUT2D eigenvalue weighted by Gasteiger charge is -2.17. The lowest BCUT2D eigenvalue weighted by Crippen LogP contribution is -2.35. The molecule has 15 heteroatoms. The number of nitrogens with one attached hydrogen (secondary N) is 4. The first-order valence-corrected chi connectivity index (χ1v) is 16.9. The molecule has 2 aromatic carbocycles. The van der Waals surface area contributed by atoms with Crippen LogP contribution < -0.4 is 26.0 Å². The van der Waals surface area contributed by atoms with Crippen LogP contribution in [-0.4, -0.2) is 58.2 Å². The Kier molecular flexibility index (Phi) is 10.6. The molecule has 11 nitrogen and oxygen atoms in total. The Hall–Kier alpha value is -4.04. The van der Waals surface area contributed by atoms with Gasteiger partial charge in [0.15, 0.2) is 5.82 Å². The summed E-state index contributed by atoms with van der Waals surface area (Å²) in [4.78, 5) is 36.3. The minimum atomic E-state index is -0.936. The number of anilines is 2. The van der Waals surface area contributed by atoms with E-state index in [1.165, 1.54) is 11.3 Å². The molecule has 1 fully saturated rings. The Labute approximate surface area is 295 Å².